The maximum atomic E-state index is 10.4. The quantitative estimate of drug-likeness (QED) is 0.589. The number of hydrogen-bond acceptors (Lipinski definition) is 1. The smallest absolute Gasteiger partial charge is 0.150 e. The summed E-state index contributed by atoms with van der Waals surface area (Å²) in [6.07, 6.45) is 1.83. The number of rotatable bonds is 2. The van der Waals surface area contributed by atoms with Crippen LogP contribution in [-0.2, 0) is 6.42 Å². The Labute approximate surface area is 95.7 Å². The first-order valence-electron chi connectivity index (χ1n) is 5.48. The Kier molecular flexibility index (Phi) is 3.16. The number of carbonyl (C=O) groups excluding carboxylic acids is 1. The molecule has 3 rings (SSSR count). The van der Waals surface area contributed by atoms with Gasteiger partial charge in [0.2, 0.25) is 0 Å². The van der Waals surface area contributed by atoms with E-state index in [0.717, 1.165) is 23.8 Å². The van der Waals surface area contributed by atoms with Crippen molar-refractivity contribution in [2.45, 2.75) is 13.3 Å². The molecule has 80 valence electrons. The summed E-state index contributed by atoms with van der Waals surface area (Å²) in [5.74, 6) is 0. The molecule has 0 heterocycles. The Morgan fingerprint density at radius 3 is 1.81 bits per heavy atom. The summed E-state index contributed by atoms with van der Waals surface area (Å²) in [6.45, 7) is 2.04. The van der Waals surface area contributed by atoms with Gasteiger partial charge >= 0.3 is 0 Å². The van der Waals surface area contributed by atoms with E-state index in [0.29, 0.717) is 0 Å². The second-order valence-electron chi connectivity index (χ2n) is 3.75. The fraction of sp³-hybridized carbons (Fsp3) is 0.133. The van der Waals surface area contributed by atoms with Crippen LogP contribution in [0.4, 0.5) is 0 Å². The van der Waals surface area contributed by atoms with E-state index in [9.17, 15) is 4.79 Å². The molecule has 0 atom stereocenters. The molecule has 2 aliphatic carbocycles. The lowest BCUT2D eigenvalue weighted by atomic mass is 9.95. The second kappa shape index (κ2) is 4.75. The first kappa shape index (κ1) is 10.6. The first-order chi connectivity index (χ1) is 7.85. The Bertz CT molecular complexity index is 462. The average Bonchev–Trinajstić information content (AvgIpc) is 2.34. The van der Waals surface area contributed by atoms with Crippen LogP contribution in [0.5, 0.6) is 0 Å². The number of hydrogen-bond donors (Lipinski definition) is 0. The predicted molar refractivity (Wildman–Crippen MR) is 66.6 cm³/mol. The number of carbonyl (C=O) groups is 1. The molecule has 2 aliphatic rings. The molecule has 1 heteroatoms. The van der Waals surface area contributed by atoms with Gasteiger partial charge in [-0.2, -0.15) is 0 Å². The van der Waals surface area contributed by atoms with Crippen LogP contribution in [0.25, 0.3) is 11.1 Å². The first-order valence-corrected chi connectivity index (χ1v) is 5.48. The maximum absolute atomic E-state index is 10.4. The Hall–Kier alpha value is -1.89. The van der Waals surface area contributed by atoms with Crippen molar-refractivity contribution in [3.8, 4) is 11.1 Å². The van der Waals surface area contributed by atoms with Crippen LogP contribution in [0, 0.1) is 0 Å². The molecular formula is C15H14O. The molecule has 0 radical (unpaired) electrons. The summed E-state index contributed by atoms with van der Waals surface area (Å²) in [5, 5.41) is 0. The zero-order chi connectivity index (χ0) is 11.4. The SMILES string of the molecule is CCc1ccccc1C=O.c1cc2ccc1-2. The highest BCUT2D eigenvalue weighted by Crippen LogP contribution is 2.29. The molecule has 1 aromatic rings. The van der Waals surface area contributed by atoms with Crippen molar-refractivity contribution >= 4 is 6.29 Å². The van der Waals surface area contributed by atoms with Crippen molar-refractivity contribution in [3.63, 3.8) is 0 Å². The molecule has 0 saturated carbocycles. The van der Waals surface area contributed by atoms with Crippen molar-refractivity contribution in [1.82, 2.24) is 0 Å². The maximum Gasteiger partial charge on any atom is 0.150 e. The molecule has 0 amide bonds. The molecule has 0 aromatic heterocycles. The van der Waals surface area contributed by atoms with Crippen LogP contribution in [0.15, 0.2) is 48.5 Å². The Morgan fingerprint density at radius 2 is 1.50 bits per heavy atom. The standard InChI is InChI=1S/C9H10O.C6H4/c1-2-8-5-3-4-6-9(8)7-10;1-2-6-4-3-5(1)6/h3-7H,2H2,1H3;1-4H. The molecule has 1 nitrogen and oxygen atoms in total. The molecule has 16 heavy (non-hydrogen) atoms. The van der Waals surface area contributed by atoms with E-state index in [1.165, 1.54) is 11.1 Å². The zero-order valence-electron chi connectivity index (χ0n) is 9.31. The molecule has 0 saturated heterocycles. The van der Waals surface area contributed by atoms with E-state index < -0.39 is 0 Å². The van der Waals surface area contributed by atoms with Crippen LogP contribution in [-0.4, -0.2) is 6.29 Å². The van der Waals surface area contributed by atoms with Crippen LogP contribution in [0.1, 0.15) is 22.8 Å². The lowest BCUT2D eigenvalue weighted by molar-refractivity contribution is 0.112. The molecule has 1 aromatic carbocycles. The fourth-order valence-electron chi connectivity index (χ4n) is 1.63. The van der Waals surface area contributed by atoms with Gasteiger partial charge in [0.05, 0.1) is 0 Å². The van der Waals surface area contributed by atoms with Crippen molar-refractivity contribution in [2.75, 3.05) is 0 Å². The van der Waals surface area contributed by atoms with Crippen molar-refractivity contribution < 1.29 is 4.79 Å². The van der Waals surface area contributed by atoms with Crippen LogP contribution >= 0.6 is 0 Å². The van der Waals surface area contributed by atoms with Gasteiger partial charge < -0.3 is 0 Å². The van der Waals surface area contributed by atoms with Gasteiger partial charge in [-0.15, -0.1) is 0 Å². The van der Waals surface area contributed by atoms with E-state index in [-0.39, 0.29) is 0 Å². The van der Waals surface area contributed by atoms with Crippen LogP contribution < -0.4 is 0 Å². The summed E-state index contributed by atoms with van der Waals surface area (Å²) in [5.41, 5.74) is 4.78. The van der Waals surface area contributed by atoms with Crippen LogP contribution in [0.3, 0.4) is 0 Å². The lowest BCUT2D eigenvalue weighted by Gasteiger charge is -2.10. The third-order valence-corrected chi connectivity index (χ3v) is 2.78. The van der Waals surface area contributed by atoms with Crippen molar-refractivity contribution in [1.29, 1.82) is 0 Å². The monoisotopic (exact) mass is 210 g/mol. The van der Waals surface area contributed by atoms with Gasteiger partial charge in [-0.05, 0) is 23.1 Å². The molecular weight excluding hydrogens is 196 g/mol. The van der Waals surface area contributed by atoms with Gasteiger partial charge in [0, 0.05) is 5.56 Å². The minimum atomic E-state index is 0.810. The molecule has 0 bridgehead atoms. The van der Waals surface area contributed by atoms with Gasteiger partial charge in [0.1, 0.15) is 6.29 Å². The highest BCUT2D eigenvalue weighted by atomic mass is 16.1. The van der Waals surface area contributed by atoms with Gasteiger partial charge in [0.15, 0.2) is 0 Å². The van der Waals surface area contributed by atoms with Gasteiger partial charge in [-0.1, -0.05) is 55.5 Å². The van der Waals surface area contributed by atoms with Gasteiger partial charge in [-0.3, -0.25) is 4.79 Å². The third-order valence-electron chi connectivity index (χ3n) is 2.78. The zero-order valence-corrected chi connectivity index (χ0v) is 9.31. The highest BCUT2D eigenvalue weighted by Gasteiger charge is 2.03. The molecule has 0 unspecified atom stereocenters. The summed E-state index contributed by atoms with van der Waals surface area (Å²) >= 11 is 0. The second-order valence-corrected chi connectivity index (χ2v) is 3.75. The lowest BCUT2D eigenvalue weighted by Crippen LogP contribution is -1.88. The molecule has 0 N–H and O–H groups in total. The summed E-state index contributed by atoms with van der Waals surface area (Å²) in [4.78, 5) is 10.4. The van der Waals surface area contributed by atoms with Crippen LogP contribution in [0.2, 0.25) is 0 Å². The minimum Gasteiger partial charge on any atom is -0.298 e. The highest BCUT2D eigenvalue weighted by molar-refractivity contribution is 5.77. The van der Waals surface area contributed by atoms with Crippen molar-refractivity contribution in [2.24, 2.45) is 0 Å². The van der Waals surface area contributed by atoms with E-state index >= 15 is 0 Å². The predicted octanol–water partition coefficient (Wildman–Crippen LogP) is 3.73. The molecule has 0 fully saturated rings. The minimum absolute atomic E-state index is 0.810. The van der Waals surface area contributed by atoms with Crippen molar-refractivity contribution in [3.05, 3.63) is 59.7 Å². The summed E-state index contributed by atoms with van der Waals surface area (Å²) in [6, 6.07) is 16.1. The topological polar surface area (TPSA) is 17.1 Å². The molecule has 0 aliphatic heterocycles. The Balaban J connectivity index is 0.000000134. The van der Waals surface area contributed by atoms with Gasteiger partial charge in [-0.25, -0.2) is 0 Å². The normalized spacial score (nSPS) is 10.1. The van der Waals surface area contributed by atoms with E-state index in [1.54, 1.807) is 0 Å². The summed E-state index contributed by atoms with van der Waals surface area (Å²) in [7, 11) is 0. The fourth-order valence-corrected chi connectivity index (χ4v) is 1.63. The van der Waals surface area contributed by atoms with E-state index in [4.69, 9.17) is 0 Å². The molecule has 0 spiro atoms. The number of aldehydes is 1. The van der Waals surface area contributed by atoms with Gasteiger partial charge in [0.25, 0.3) is 0 Å². The number of benzene rings is 2. The largest absolute Gasteiger partial charge is 0.298 e. The average molecular weight is 210 g/mol. The summed E-state index contributed by atoms with van der Waals surface area (Å²) < 4.78 is 0. The van der Waals surface area contributed by atoms with E-state index in [2.05, 4.69) is 24.3 Å². The Morgan fingerprint density at radius 1 is 0.938 bits per heavy atom. The van der Waals surface area contributed by atoms with E-state index in [1.807, 2.05) is 31.2 Å². The number of aryl methyl sites for hydroxylation is 1. The number of fused-ring (bicyclic) bond motifs is 1. The third kappa shape index (κ3) is 2.03.